The van der Waals surface area contributed by atoms with Crippen LogP contribution in [0.5, 0.6) is 0 Å². The van der Waals surface area contributed by atoms with E-state index in [-0.39, 0.29) is 18.8 Å². The van der Waals surface area contributed by atoms with Crippen LogP contribution in [-0.4, -0.2) is 34.4 Å². The molecule has 0 aliphatic rings. The Labute approximate surface area is 155 Å². The molecule has 7 heteroatoms. The van der Waals surface area contributed by atoms with Gasteiger partial charge in [0.05, 0.1) is 17.4 Å². The van der Waals surface area contributed by atoms with Crippen molar-refractivity contribution in [1.29, 1.82) is 0 Å². The smallest absolute Gasteiger partial charge is 0.246 e. The van der Waals surface area contributed by atoms with Crippen molar-refractivity contribution < 1.29 is 18.5 Å². The van der Waals surface area contributed by atoms with Crippen molar-refractivity contribution in [2.75, 3.05) is 12.4 Å². The van der Waals surface area contributed by atoms with Gasteiger partial charge >= 0.3 is 0 Å². The molecule has 0 saturated heterocycles. The lowest BCUT2D eigenvalue weighted by Crippen LogP contribution is -2.46. The highest BCUT2D eigenvalue weighted by atomic mass is 32.2. The van der Waals surface area contributed by atoms with E-state index in [1.807, 2.05) is 36.4 Å². The topological polar surface area (TPSA) is 98.5 Å². The quantitative estimate of drug-likeness (QED) is 0.656. The fourth-order valence-electron chi connectivity index (χ4n) is 2.27. The van der Waals surface area contributed by atoms with Gasteiger partial charge < -0.3 is 15.8 Å². The molecule has 2 aromatic rings. The fourth-order valence-corrected chi connectivity index (χ4v) is 3.42. The number of nitrogens with two attached hydrogens (primary N) is 1. The number of ether oxygens (including phenoxy) is 1. The number of carbonyl (C=O) groups is 2. The number of rotatable bonds is 10. The molecule has 0 aliphatic heterocycles. The van der Waals surface area contributed by atoms with Gasteiger partial charge in [-0.15, -0.1) is 0 Å². The molecule has 0 spiro atoms. The molecule has 2 rings (SSSR count). The first-order valence-electron chi connectivity index (χ1n) is 8.20. The molecule has 0 bridgehead atoms. The second-order valence-electron chi connectivity index (χ2n) is 5.65. The molecular weight excluding hydrogens is 352 g/mol. The zero-order valence-electron chi connectivity index (χ0n) is 14.3. The van der Waals surface area contributed by atoms with Crippen LogP contribution < -0.4 is 11.1 Å². The van der Waals surface area contributed by atoms with E-state index in [9.17, 15) is 13.8 Å². The average molecular weight is 374 g/mol. The summed E-state index contributed by atoms with van der Waals surface area (Å²) in [4.78, 5) is 24.2. The Morgan fingerprint density at radius 3 is 2.27 bits per heavy atom. The van der Waals surface area contributed by atoms with E-state index in [0.717, 1.165) is 5.56 Å². The number of amides is 2. The van der Waals surface area contributed by atoms with Gasteiger partial charge in [-0.25, -0.2) is 0 Å². The summed E-state index contributed by atoms with van der Waals surface area (Å²) >= 11 is 0. The molecule has 2 atom stereocenters. The van der Waals surface area contributed by atoms with Crippen molar-refractivity contribution in [3.63, 3.8) is 0 Å². The Hall–Kier alpha value is -2.51. The molecule has 2 amide bonds. The lowest BCUT2D eigenvalue weighted by atomic mass is 10.2. The molecule has 0 aliphatic carbocycles. The summed E-state index contributed by atoms with van der Waals surface area (Å²) in [5.41, 5.74) is 6.29. The van der Waals surface area contributed by atoms with E-state index >= 15 is 0 Å². The standard InChI is InChI=1S/C19H22N2O4S/c20-19(23)17(11-12-26(24)16-9-5-2-6-10-16)21-18(22)14-25-13-15-7-3-1-4-8-15/h1-10,17H,11-14H2,(H2,20,23)(H,21,22)/t17-,26+/m1/s1. The number of hydrogen-bond donors (Lipinski definition) is 2. The maximum atomic E-state index is 12.2. The number of hydrogen-bond acceptors (Lipinski definition) is 4. The van der Waals surface area contributed by atoms with Gasteiger partial charge in [-0.1, -0.05) is 48.5 Å². The van der Waals surface area contributed by atoms with Crippen molar-refractivity contribution in [3.8, 4) is 0 Å². The molecular formula is C19H22N2O4S. The summed E-state index contributed by atoms with van der Waals surface area (Å²) in [5, 5.41) is 2.54. The second-order valence-corrected chi connectivity index (χ2v) is 7.22. The predicted molar refractivity (Wildman–Crippen MR) is 99.6 cm³/mol. The number of carbonyl (C=O) groups excluding carboxylic acids is 2. The largest absolute Gasteiger partial charge is 0.368 e. The van der Waals surface area contributed by atoms with Gasteiger partial charge in [0.2, 0.25) is 11.8 Å². The van der Waals surface area contributed by atoms with Crippen LogP contribution in [0.4, 0.5) is 0 Å². The molecule has 3 N–H and O–H groups in total. The van der Waals surface area contributed by atoms with Crippen LogP contribution in [0.25, 0.3) is 0 Å². The van der Waals surface area contributed by atoms with Gasteiger partial charge in [-0.05, 0) is 24.1 Å². The minimum atomic E-state index is -1.26. The minimum Gasteiger partial charge on any atom is -0.368 e. The normalized spacial score (nSPS) is 12.9. The summed E-state index contributed by atoms with van der Waals surface area (Å²) in [7, 11) is -1.26. The fraction of sp³-hybridized carbons (Fsp3) is 0.263. The van der Waals surface area contributed by atoms with Gasteiger partial charge in [-0.2, -0.15) is 0 Å². The Kier molecular flexibility index (Phi) is 7.98. The van der Waals surface area contributed by atoms with E-state index in [4.69, 9.17) is 10.5 Å². The average Bonchev–Trinajstić information content (AvgIpc) is 2.66. The van der Waals surface area contributed by atoms with Crippen LogP contribution in [0.1, 0.15) is 12.0 Å². The summed E-state index contributed by atoms with van der Waals surface area (Å²) in [5.74, 6) is -0.871. The zero-order chi connectivity index (χ0) is 18.8. The van der Waals surface area contributed by atoms with Gasteiger partial charge in [0, 0.05) is 10.6 Å². The third-order valence-corrected chi connectivity index (χ3v) is 5.03. The number of nitrogens with one attached hydrogen (secondary N) is 1. The predicted octanol–water partition coefficient (Wildman–Crippen LogP) is 1.37. The summed E-state index contributed by atoms with van der Waals surface area (Å²) in [6.45, 7) is 0.119. The molecule has 0 unspecified atom stereocenters. The van der Waals surface area contributed by atoms with Gasteiger partial charge in [0.25, 0.3) is 0 Å². The van der Waals surface area contributed by atoms with E-state index in [1.165, 1.54) is 0 Å². The molecule has 0 radical (unpaired) electrons. The first kappa shape index (κ1) is 19.8. The molecule has 138 valence electrons. The summed E-state index contributed by atoms with van der Waals surface area (Å²) in [6, 6.07) is 17.5. The van der Waals surface area contributed by atoms with Crippen LogP contribution in [0.15, 0.2) is 65.6 Å². The van der Waals surface area contributed by atoms with Crippen molar-refractivity contribution >= 4 is 22.6 Å². The highest BCUT2D eigenvalue weighted by Gasteiger charge is 2.19. The highest BCUT2D eigenvalue weighted by molar-refractivity contribution is 7.85. The van der Waals surface area contributed by atoms with Crippen LogP contribution >= 0.6 is 0 Å². The molecule has 0 fully saturated rings. The SMILES string of the molecule is NC(=O)[C@@H](CC[S@](=O)c1ccccc1)NC(=O)COCc1ccccc1. The van der Waals surface area contributed by atoms with E-state index in [0.29, 0.717) is 11.5 Å². The van der Waals surface area contributed by atoms with Crippen LogP contribution in [0, 0.1) is 0 Å². The summed E-state index contributed by atoms with van der Waals surface area (Å²) in [6.07, 6.45) is 0.196. The monoisotopic (exact) mass is 374 g/mol. The van der Waals surface area contributed by atoms with Crippen molar-refractivity contribution in [1.82, 2.24) is 5.32 Å². The van der Waals surface area contributed by atoms with Crippen molar-refractivity contribution in [3.05, 3.63) is 66.2 Å². The second kappa shape index (κ2) is 10.5. The van der Waals surface area contributed by atoms with Gasteiger partial charge in [0.15, 0.2) is 0 Å². The molecule has 0 heterocycles. The Morgan fingerprint density at radius 2 is 1.65 bits per heavy atom. The zero-order valence-corrected chi connectivity index (χ0v) is 15.1. The lowest BCUT2D eigenvalue weighted by Gasteiger charge is -2.15. The van der Waals surface area contributed by atoms with E-state index < -0.39 is 28.7 Å². The van der Waals surface area contributed by atoms with Crippen LogP contribution in [0.3, 0.4) is 0 Å². The van der Waals surface area contributed by atoms with E-state index in [1.54, 1.807) is 24.3 Å². The molecule has 0 saturated carbocycles. The Morgan fingerprint density at radius 1 is 1.04 bits per heavy atom. The lowest BCUT2D eigenvalue weighted by molar-refractivity contribution is -0.130. The summed E-state index contributed by atoms with van der Waals surface area (Å²) < 4.78 is 17.5. The molecule has 26 heavy (non-hydrogen) atoms. The van der Waals surface area contributed by atoms with Crippen molar-refractivity contribution in [2.45, 2.75) is 24.0 Å². The Bertz CT molecular complexity index is 738. The van der Waals surface area contributed by atoms with Gasteiger partial charge in [-0.3, -0.25) is 13.8 Å². The van der Waals surface area contributed by atoms with Crippen molar-refractivity contribution in [2.24, 2.45) is 5.73 Å². The molecule has 2 aromatic carbocycles. The molecule has 6 nitrogen and oxygen atoms in total. The highest BCUT2D eigenvalue weighted by Crippen LogP contribution is 2.08. The Balaban J connectivity index is 1.77. The third-order valence-electron chi connectivity index (χ3n) is 3.62. The first-order valence-corrected chi connectivity index (χ1v) is 9.52. The first-order chi connectivity index (χ1) is 12.6. The van der Waals surface area contributed by atoms with E-state index in [2.05, 4.69) is 5.32 Å². The number of benzene rings is 2. The molecule has 0 aromatic heterocycles. The van der Waals surface area contributed by atoms with Crippen LogP contribution in [-0.2, 0) is 31.7 Å². The van der Waals surface area contributed by atoms with Gasteiger partial charge in [0.1, 0.15) is 12.6 Å². The third kappa shape index (κ3) is 6.78. The maximum Gasteiger partial charge on any atom is 0.246 e. The minimum absolute atomic E-state index is 0.180. The van der Waals surface area contributed by atoms with Crippen LogP contribution in [0.2, 0.25) is 0 Å². The maximum absolute atomic E-state index is 12.2. The number of primary amides is 1.